The van der Waals surface area contributed by atoms with Gasteiger partial charge in [-0.3, -0.25) is 0 Å². The number of hydrogen-bond donors (Lipinski definition) is 0. The van der Waals surface area contributed by atoms with Crippen molar-refractivity contribution in [3.63, 3.8) is 0 Å². The van der Waals surface area contributed by atoms with Gasteiger partial charge < -0.3 is 4.90 Å². The second-order valence-electron chi connectivity index (χ2n) is 7.02. The van der Waals surface area contributed by atoms with Crippen molar-refractivity contribution >= 4 is 0 Å². The number of nitrogens with zero attached hydrogens (tertiary/aromatic N) is 1. The molecule has 1 atom stereocenters. The lowest BCUT2D eigenvalue weighted by Crippen LogP contribution is -2.54. The summed E-state index contributed by atoms with van der Waals surface area (Å²) in [7, 11) is 0. The van der Waals surface area contributed by atoms with Crippen LogP contribution in [0.1, 0.15) is 78.1 Å². The molecule has 0 saturated carbocycles. The zero-order chi connectivity index (χ0) is 16.4. The monoisotopic (exact) mass is 321 g/mol. The highest BCUT2D eigenvalue weighted by Crippen LogP contribution is 2.34. The lowest BCUT2D eigenvalue weighted by Gasteiger charge is -2.42. The van der Waals surface area contributed by atoms with Crippen molar-refractivity contribution in [1.82, 2.24) is 4.90 Å². The van der Waals surface area contributed by atoms with Crippen LogP contribution < -0.4 is 0 Å². The third-order valence-electron chi connectivity index (χ3n) is 4.87. The molecule has 1 heterocycles. The minimum Gasteiger partial charge on any atom is -0.302 e. The molecule has 1 saturated heterocycles. The topological polar surface area (TPSA) is 3.24 Å². The average molecular weight is 321 g/mol. The Hall–Kier alpha value is -0.250. The largest absolute Gasteiger partial charge is 0.394 e. The first-order valence-electron chi connectivity index (χ1n) is 9.26. The number of alkyl halides is 3. The van der Waals surface area contributed by atoms with Crippen LogP contribution >= 0.6 is 0 Å². The second kappa shape index (κ2) is 10.5. The third kappa shape index (κ3) is 7.85. The van der Waals surface area contributed by atoms with Crippen LogP contribution in [0.15, 0.2) is 0 Å². The van der Waals surface area contributed by atoms with Gasteiger partial charge in [-0.25, -0.2) is 0 Å². The number of unbranched alkanes of at least 4 members (excludes halogenated alkanes) is 6. The van der Waals surface area contributed by atoms with Gasteiger partial charge in [0.25, 0.3) is 0 Å². The summed E-state index contributed by atoms with van der Waals surface area (Å²) in [6.45, 7) is 5.74. The van der Waals surface area contributed by atoms with E-state index in [1.54, 1.807) is 0 Å². The van der Waals surface area contributed by atoms with Crippen molar-refractivity contribution in [2.24, 2.45) is 11.8 Å². The second-order valence-corrected chi connectivity index (χ2v) is 7.02. The van der Waals surface area contributed by atoms with Crippen molar-refractivity contribution in [3.05, 3.63) is 0 Å². The number of rotatable bonds is 12. The molecule has 1 aliphatic rings. The van der Waals surface area contributed by atoms with Crippen LogP contribution in [0.5, 0.6) is 0 Å². The van der Waals surface area contributed by atoms with Crippen LogP contribution in [0.3, 0.4) is 0 Å². The molecule has 0 N–H and O–H groups in total. The van der Waals surface area contributed by atoms with Crippen LogP contribution in [0.25, 0.3) is 0 Å². The molecule has 0 aromatic heterocycles. The zero-order valence-corrected chi connectivity index (χ0v) is 14.4. The Morgan fingerprint density at radius 3 is 1.91 bits per heavy atom. The number of halogens is 3. The summed E-state index contributed by atoms with van der Waals surface area (Å²) in [6, 6.07) is 0. The number of likely N-dealkylation sites (tertiary alicyclic amines) is 1. The van der Waals surface area contributed by atoms with E-state index in [4.69, 9.17) is 0 Å². The Morgan fingerprint density at radius 2 is 1.36 bits per heavy atom. The highest BCUT2D eigenvalue weighted by atomic mass is 19.4. The van der Waals surface area contributed by atoms with E-state index in [0.29, 0.717) is 5.92 Å². The SMILES string of the molecule is CCCCCCCC(CCCCC)CN1CC(C(F)(F)F)C1. The molecule has 0 spiro atoms. The molecule has 1 rings (SSSR count). The molecular weight excluding hydrogens is 287 g/mol. The Bertz CT molecular complexity index is 272. The molecule has 0 aromatic rings. The Labute approximate surface area is 134 Å². The summed E-state index contributed by atoms with van der Waals surface area (Å²) in [5.41, 5.74) is 0. The molecular formula is C18H34F3N. The molecule has 4 heteroatoms. The Morgan fingerprint density at radius 1 is 0.864 bits per heavy atom. The summed E-state index contributed by atoms with van der Waals surface area (Å²) in [5, 5.41) is 0. The van der Waals surface area contributed by atoms with Crippen LogP contribution in [0, 0.1) is 11.8 Å². The minimum atomic E-state index is -3.99. The van der Waals surface area contributed by atoms with E-state index >= 15 is 0 Å². The van der Waals surface area contributed by atoms with Crippen LogP contribution in [0.4, 0.5) is 13.2 Å². The van der Waals surface area contributed by atoms with Gasteiger partial charge in [-0.15, -0.1) is 0 Å². The molecule has 22 heavy (non-hydrogen) atoms. The zero-order valence-electron chi connectivity index (χ0n) is 14.4. The minimum absolute atomic E-state index is 0.226. The molecule has 1 nitrogen and oxygen atoms in total. The van der Waals surface area contributed by atoms with Crippen molar-refractivity contribution in [2.45, 2.75) is 84.2 Å². The van der Waals surface area contributed by atoms with Gasteiger partial charge in [0.2, 0.25) is 0 Å². The van der Waals surface area contributed by atoms with Crippen LogP contribution in [-0.2, 0) is 0 Å². The maximum absolute atomic E-state index is 12.6. The van der Waals surface area contributed by atoms with E-state index in [9.17, 15) is 13.2 Å². The van der Waals surface area contributed by atoms with Gasteiger partial charge in [0.05, 0.1) is 5.92 Å². The van der Waals surface area contributed by atoms with E-state index in [1.807, 2.05) is 4.90 Å². The van der Waals surface area contributed by atoms with Gasteiger partial charge in [0.15, 0.2) is 0 Å². The van der Waals surface area contributed by atoms with Crippen LogP contribution in [0.2, 0.25) is 0 Å². The predicted octanol–water partition coefficient (Wildman–Crippen LogP) is 6.04. The Kier molecular flexibility index (Phi) is 9.46. The fraction of sp³-hybridized carbons (Fsp3) is 1.00. The number of hydrogen-bond acceptors (Lipinski definition) is 1. The molecule has 0 amide bonds. The molecule has 1 aliphatic heterocycles. The van der Waals surface area contributed by atoms with Crippen molar-refractivity contribution < 1.29 is 13.2 Å². The lowest BCUT2D eigenvalue weighted by atomic mass is 9.91. The van der Waals surface area contributed by atoms with Crippen molar-refractivity contribution in [2.75, 3.05) is 19.6 Å². The summed E-state index contributed by atoms with van der Waals surface area (Å²) in [4.78, 5) is 2.01. The first kappa shape index (κ1) is 19.8. The first-order valence-corrected chi connectivity index (χ1v) is 9.26. The van der Waals surface area contributed by atoms with E-state index < -0.39 is 12.1 Å². The molecule has 0 aliphatic carbocycles. The molecule has 132 valence electrons. The lowest BCUT2D eigenvalue weighted by molar-refractivity contribution is -0.210. The molecule has 1 unspecified atom stereocenters. The molecule has 0 aromatic carbocycles. The summed E-state index contributed by atoms with van der Waals surface area (Å²) in [5.74, 6) is -0.476. The fourth-order valence-electron chi connectivity index (χ4n) is 3.34. The summed E-state index contributed by atoms with van der Waals surface area (Å²) in [6.07, 6.45) is 8.47. The molecule has 0 radical (unpaired) electrons. The van der Waals surface area contributed by atoms with E-state index in [0.717, 1.165) is 6.54 Å². The van der Waals surface area contributed by atoms with Crippen LogP contribution in [-0.4, -0.2) is 30.7 Å². The summed E-state index contributed by atoms with van der Waals surface area (Å²) < 4.78 is 37.7. The Balaban J connectivity index is 2.23. The predicted molar refractivity (Wildman–Crippen MR) is 87.0 cm³/mol. The van der Waals surface area contributed by atoms with E-state index in [-0.39, 0.29) is 13.1 Å². The maximum atomic E-state index is 12.6. The fourth-order valence-corrected chi connectivity index (χ4v) is 3.34. The highest BCUT2D eigenvalue weighted by Gasteiger charge is 2.47. The van der Waals surface area contributed by atoms with Gasteiger partial charge >= 0.3 is 6.18 Å². The maximum Gasteiger partial charge on any atom is 0.394 e. The smallest absolute Gasteiger partial charge is 0.302 e. The highest BCUT2D eigenvalue weighted by molar-refractivity contribution is 4.86. The van der Waals surface area contributed by atoms with Gasteiger partial charge in [-0.1, -0.05) is 65.2 Å². The van der Waals surface area contributed by atoms with Gasteiger partial charge in [0.1, 0.15) is 0 Å². The molecule has 0 bridgehead atoms. The van der Waals surface area contributed by atoms with E-state index in [2.05, 4.69) is 13.8 Å². The third-order valence-corrected chi connectivity index (χ3v) is 4.87. The quantitative estimate of drug-likeness (QED) is 0.396. The van der Waals surface area contributed by atoms with E-state index in [1.165, 1.54) is 64.2 Å². The average Bonchev–Trinajstić information content (AvgIpc) is 2.40. The first-order chi connectivity index (χ1) is 10.5. The standard InChI is InChI=1S/C18H34F3N/c1-3-5-7-8-10-12-16(11-9-6-4-2)13-22-14-17(15-22)18(19,20)21/h16-17H,3-15H2,1-2H3. The van der Waals surface area contributed by atoms with Gasteiger partial charge in [-0.05, 0) is 18.8 Å². The van der Waals surface area contributed by atoms with Gasteiger partial charge in [-0.2, -0.15) is 13.2 Å². The summed E-state index contributed by atoms with van der Waals surface area (Å²) >= 11 is 0. The molecule has 1 fully saturated rings. The normalized spacial score (nSPS) is 18.4. The van der Waals surface area contributed by atoms with Crippen molar-refractivity contribution in [1.29, 1.82) is 0 Å². The van der Waals surface area contributed by atoms with Gasteiger partial charge in [0, 0.05) is 19.6 Å². The van der Waals surface area contributed by atoms with Crippen molar-refractivity contribution in [3.8, 4) is 0 Å².